The van der Waals surface area contributed by atoms with Gasteiger partial charge in [0.2, 0.25) is 0 Å². The maximum Gasteiger partial charge on any atom is 0.183 e. The lowest BCUT2D eigenvalue weighted by Crippen LogP contribution is -2.22. The van der Waals surface area contributed by atoms with Crippen molar-refractivity contribution in [3.05, 3.63) is 23.2 Å². The molecule has 1 aromatic carbocycles. The number of benzene rings is 1. The van der Waals surface area contributed by atoms with Crippen LogP contribution in [0.3, 0.4) is 0 Å². The lowest BCUT2D eigenvalue weighted by molar-refractivity contribution is 0.0690. The Bertz CT molecular complexity index is 609. The van der Waals surface area contributed by atoms with Crippen LogP contribution in [0, 0.1) is 0 Å². The Balaban J connectivity index is 1.99. The molecule has 2 N–H and O–H groups in total. The van der Waals surface area contributed by atoms with Crippen molar-refractivity contribution in [2.45, 2.75) is 31.9 Å². The van der Waals surface area contributed by atoms with Crippen LogP contribution in [0.1, 0.15) is 25.8 Å². The molecule has 1 saturated heterocycles. The summed E-state index contributed by atoms with van der Waals surface area (Å²) < 4.78 is 7.47. The molecule has 1 fully saturated rings. The lowest BCUT2D eigenvalue weighted by Gasteiger charge is -2.19. The van der Waals surface area contributed by atoms with Crippen molar-refractivity contribution in [1.29, 1.82) is 0 Å². The van der Waals surface area contributed by atoms with Crippen LogP contribution in [0.2, 0.25) is 5.02 Å². The molecule has 0 bridgehead atoms. The molecule has 20 heavy (non-hydrogen) atoms. The average Bonchev–Trinajstić information content (AvgIpc) is 3.11. The van der Waals surface area contributed by atoms with E-state index in [1.165, 1.54) is 0 Å². The van der Waals surface area contributed by atoms with Crippen LogP contribution in [0.25, 0.3) is 11.4 Å². The van der Waals surface area contributed by atoms with Crippen molar-refractivity contribution in [1.82, 2.24) is 20.2 Å². The van der Waals surface area contributed by atoms with E-state index >= 15 is 0 Å². The van der Waals surface area contributed by atoms with Gasteiger partial charge < -0.3 is 10.5 Å². The highest BCUT2D eigenvalue weighted by Crippen LogP contribution is 2.33. The summed E-state index contributed by atoms with van der Waals surface area (Å²) in [7, 11) is 0. The van der Waals surface area contributed by atoms with E-state index in [1.54, 1.807) is 10.7 Å². The van der Waals surface area contributed by atoms with Crippen LogP contribution in [-0.4, -0.2) is 32.9 Å². The molecular formula is C13H16ClN5O. The number of tetrazole rings is 1. The molecule has 2 atom stereocenters. The molecule has 1 aromatic heterocycles. The molecular weight excluding hydrogens is 278 g/mol. The first kappa shape index (κ1) is 13.3. The van der Waals surface area contributed by atoms with E-state index in [2.05, 4.69) is 22.4 Å². The van der Waals surface area contributed by atoms with E-state index in [-0.39, 0.29) is 12.1 Å². The maximum atomic E-state index is 6.26. The SMILES string of the molecule is CC(C1CCCO1)n1nnnc1-c1cccc(N)c1Cl. The average molecular weight is 294 g/mol. The minimum absolute atomic E-state index is 0.0556. The van der Waals surface area contributed by atoms with Gasteiger partial charge in [-0.2, -0.15) is 0 Å². The molecule has 106 valence electrons. The van der Waals surface area contributed by atoms with Gasteiger partial charge in [-0.15, -0.1) is 5.10 Å². The maximum absolute atomic E-state index is 6.26. The number of halogens is 1. The molecule has 1 aliphatic heterocycles. The fourth-order valence-corrected chi connectivity index (χ4v) is 2.72. The van der Waals surface area contributed by atoms with Gasteiger partial charge in [0.05, 0.1) is 22.9 Å². The third kappa shape index (κ3) is 2.25. The smallest absolute Gasteiger partial charge is 0.183 e. The second-order valence-corrected chi connectivity index (χ2v) is 5.33. The van der Waals surface area contributed by atoms with Gasteiger partial charge >= 0.3 is 0 Å². The molecule has 0 amide bonds. The molecule has 2 aromatic rings. The Morgan fingerprint density at radius 3 is 3.10 bits per heavy atom. The zero-order chi connectivity index (χ0) is 14.1. The van der Waals surface area contributed by atoms with Crippen LogP contribution in [-0.2, 0) is 4.74 Å². The second kappa shape index (κ2) is 5.38. The molecule has 0 radical (unpaired) electrons. The minimum atomic E-state index is 0.0556. The zero-order valence-electron chi connectivity index (χ0n) is 11.2. The summed E-state index contributed by atoms with van der Waals surface area (Å²) in [5, 5.41) is 12.4. The molecule has 0 saturated carbocycles. The first-order valence-corrected chi connectivity index (χ1v) is 7.00. The number of nitrogens with two attached hydrogens (primary N) is 1. The van der Waals surface area contributed by atoms with Crippen LogP contribution < -0.4 is 5.73 Å². The molecule has 0 aliphatic carbocycles. The number of anilines is 1. The molecule has 2 unspecified atom stereocenters. The van der Waals surface area contributed by atoms with Crippen molar-refractivity contribution >= 4 is 17.3 Å². The number of aromatic nitrogens is 4. The molecule has 7 heteroatoms. The number of hydrogen-bond donors (Lipinski definition) is 1. The van der Waals surface area contributed by atoms with E-state index in [0.717, 1.165) is 25.0 Å². The van der Waals surface area contributed by atoms with E-state index in [0.29, 0.717) is 16.5 Å². The third-order valence-electron chi connectivity index (χ3n) is 3.65. The van der Waals surface area contributed by atoms with Gasteiger partial charge in [-0.25, -0.2) is 4.68 Å². The van der Waals surface area contributed by atoms with Gasteiger partial charge in [0.1, 0.15) is 0 Å². The Morgan fingerprint density at radius 1 is 1.50 bits per heavy atom. The first-order valence-electron chi connectivity index (χ1n) is 6.62. The summed E-state index contributed by atoms with van der Waals surface area (Å²) in [5.41, 5.74) is 7.10. The fourth-order valence-electron chi connectivity index (χ4n) is 2.51. The predicted octanol–water partition coefficient (Wildman–Crippen LogP) is 2.32. The predicted molar refractivity (Wildman–Crippen MR) is 76.4 cm³/mol. The fraction of sp³-hybridized carbons (Fsp3) is 0.462. The van der Waals surface area contributed by atoms with Gasteiger partial charge in [0.15, 0.2) is 5.82 Å². The van der Waals surface area contributed by atoms with Gasteiger partial charge in [-0.1, -0.05) is 17.7 Å². The second-order valence-electron chi connectivity index (χ2n) is 4.95. The molecule has 0 spiro atoms. The summed E-state index contributed by atoms with van der Waals surface area (Å²) in [4.78, 5) is 0. The summed E-state index contributed by atoms with van der Waals surface area (Å²) in [5.74, 6) is 0.616. The van der Waals surface area contributed by atoms with E-state index in [4.69, 9.17) is 22.1 Å². The first-order chi connectivity index (χ1) is 9.68. The summed E-state index contributed by atoms with van der Waals surface area (Å²) >= 11 is 6.26. The van der Waals surface area contributed by atoms with Crippen LogP contribution in [0.5, 0.6) is 0 Å². The summed E-state index contributed by atoms with van der Waals surface area (Å²) in [6, 6.07) is 5.51. The quantitative estimate of drug-likeness (QED) is 0.879. The minimum Gasteiger partial charge on any atom is -0.398 e. The molecule has 1 aliphatic rings. The third-order valence-corrected chi connectivity index (χ3v) is 4.07. The standard InChI is InChI=1S/C13H16ClN5O/c1-8(11-6-3-7-20-11)19-13(16-17-18-19)9-4-2-5-10(15)12(9)14/h2,4-5,8,11H,3,6-7,15H2,1H3. The van der Waals surface area contributed by atoms with Gasteiger partial charge in [-0.05, 0) is 42.3 Å². The van der Waals surface area contributed by atoms with Gasteiger partial charge in [0.25, 0.3) is 0 Å². The molecule has 2 heterocycles. The van der Waals surface area contributed by atoms with Crippen molar-refractivity contribution < 1.29 is 4.74 Å². The molecule has 6 nitrogen and oxygen atoms in total. The van der Waals surface area contributed by atoms with Crippen LogP contribution >= 0.6 is 11.6 Å². The summed E-state index contributed by atoms with van der Waals surface area (Å²) in [6.07, 6.45) is 2.23. The van der Waals surface area contributed by atoms with Crippen molar-refractivity contribution in [3.8, 4) is 11.4 Å². The number of nitrogens with zero attached hydrogens (tertiary/aromatic N) is 4. The normalized spacial score (nSPS) is 20.2. The van der Waals surface area contributed by atoms with E-state index < -0.39 is 0 Å². The summed E-state index contributed by atoms with van der Waals surface area (Å²) in [6.45, 7) is 2.85. The van der Waals surface area contributed by atoms with Crippen LogP contribution in [0.4, 0.5) is 5.69 Å². The van der Waals surface area contributed by atoms with Crippen LogP contribution in [0.15, 0.2) is 18.2 Å². The van der Waals surface area contributed by atoms with Crippen molar-refractivity contribution in [2.75, 3.05) is 12.3 Å². The van der Waals surface area contributed by atoms with Gasteiger partial charge in [0, 0.05) is 12.2 Å². The highest BCUT2D eigenvalue weighted by molar-refractivity contribution is 6.35. The Morgan fingerprint density at radius 2 is 2.35 bits per heavy atom. The Labute approximate surface area is 121 Å². The van der Waals surface area contributed by atoms with Crippen molar-refractivity contribution in [2.24, 2.45) is 0 Å². The Hall–Kier alpha value is -1.66. The zero-order valence-corrected chi connectivity index (χ0v) is 11.9. The Kier molecular flexibility index (Phi) is 3.58. The highest BCUT2D eigenvalue weighted by Gasteiger charge is 2.27. The number of hydrogen-bond acceptors (Lipinski definition) is 5. The molecule has 3 rings (SSSR count). The number of rotatable bonds is 3. The largest absolute Gasteiger partial charge is 0.398 e. The topological polar surface area (TPSA) is 78.8 Å². The number of ether oxygens (including phenoxy) is 1. The van der Waals surface area contributed by atoms with E-state index in [1.807, 2.05) is 12.1 Å². The highest BCUT2D eigenvalue weighted by atomic mass is 35.5. The van der Waals surface area contributed by atoms with Gasteiger partial charge in [-0.3, -0.25) is 0 Å². The van der Waals surface area contributed by atoms with E-state index in [9.17, 15) is 0 Å². The number of nitrogen functional groups attached to an aromatic ring is 1. The van der Waals surface area contributed by atoms with Crippen molar-refractivity contribution in [3.63, 3.8) is 0 Å². The lowest BCUT2D eigenvalue weighted by atomic mass is 10.1. The monoisotopic (exact) mass is 293 g/mol.